The molecule has 12 heavy (non-hydrogen) atoms. The highest BCUT2D eigenvalue weighted by Crippen LogP contribution is 2.16. The van der Waals surface area contributed by atoms with Crippen molar-refractivity contribution in [3.8, 4) is 0 Å². The van der Waals surface area contributed by atoms with Crippen LogP contribution in [0.5, 0.6) is 0 Å². The standard InChI is InChI=1S/C8H15NO2S/c1-12-5-4-6-2-3-7(9-6)8(10)11/h6-7,9H,2-5H2,1H3,(H,10,11). The number of nitrogens with one attached hydrogen (secondary N) is 1. The summed E-state index contributed by atoms with van der Waals surface area (Å²) >= 11 is 1.81. The summed E-state index contributed by atoms with van der Waals surface area (Å²) in [5.41, 5.74) is 0. The smallest absolute Gasteiger partial charge is 0.320 e. The van der Waals surface area contributed by atoms with Crippen molar-refractivity contribution in [2.75, 3.05) is 12.0 Å². The topological polar surface area (TPSA) is 49.3 Å². The summed E-state index contributed by atoms with van der Waals surface area (Å²) in [6, 6.07) is 0.135. The Balaban J connectivity index is 2.21. The average molecular weight is 189 g/mol. The summed E-state index contributed by atoms with van der Waals surface area (Å²) in [6.07, 6.45) is 4.96. The van der Waals surface area contributed by atoms with Gasteiger partial charge in [-0.2, -0.15) is 11.8 Å². The van der Waals surface area contributed by atoms with Crippen LogP contribution in [-0.4, -0.2) is 35.2 Å². The summed E-state index contributed by atoms with van der Waals surface area (Å²) in [5.74, 6) is 0.408. The third-order valence-electron chi connectivity index (χ3n) is 2.21. The van der Waals surface area contributed by atoms with E-state index in [0.29, 0.717) is 6.04 Å². The van der Waals surface area contributed by atoms with E-state index in [9.17, 15) is 4.79 Å². The van der Waals surface area contributed by atoms with Crippen molar-refractivity contribution < 1.29 is 9.90 Å². The van der Waals surface area contributed by atoms with Crippen molar-refractivity contribution in [2.45, 2.75) is 31.3 Å². The normalized spacial score (nSPS) is 29.1. The average Bonchev–Trinajstić information content (AvgIpc) is 2.48. The second kappa shape index (κ2) is 4.72. The molecular weight excluding hydrogens is 174 g/mol. The first-order valence-electron chi connectivity index (χ1n) is 4.22. The van der Waals surface area contributed by atoms with E-state index in [2.05, 4.69) is 11.6 Å². The molecule has 0 bridgehead atoms. The number of hydrogen-bond donors (Lipinski definition) is 2. The molecule has 0 aliphatic carbocycles. The Morgan fingerprint density at radius 2 is 2.42 bits per heavy atom. The molecule has 1 saturated heterocycles. The number of hydrogen-bond acceptors (Lipinski definition) is 3. The van der Waals surface area contributed by atoms with E-state index in [-0.39, 0.29) is 6.04 Å². The second-order valence-corrected chi connectivity index (χ2v) is 4.10. The predicted molar refractivity (Wildman–Crippen MR) is 50.6 cm³/mol. The predicted octanol–water partition coefficient (Wildman–Crippen LogP) is 0.945. The van der Waals surface area contributed by atoms with Crippen LogP contribution in [0.4, 0.5) is 0 Å². The lowest BCUT2D eigenvalue weighted by atomic mass is 10.1. The van der Waals surface area contributed by atoms with Crippen LogP contribution in [0.2, 0.25) is 0 Å². The van der Waals surface area contributed by atoms with Gasteiger partial charge in [-0.3, -0.25) is 4.79 Å². The van der Waals surface area contributed by atoms with Crippen LogP contribution in [0.1, 0.15) is 19.3 Å². The van der Waals surface area contributed by atoms with Crippen molar-refractivity contribution in [1.29, 1.82) is 0 Å². The molecule has 0 amide bonds. The molecule has 2 N–H and O–H groups in total. The van der Waals surface area contributed by atoms with Gasteiger partial charge in [0.15, 0.2) is 0 Å². The molecule has 1 aliphatic rings. The summed E-state index contributed by atoms with van der Waals surface area (Å²) in [4.78, 5) is 10.6. The Morgan fingerprint density at radius 3 is 2.92 bits per heavy atom. The molecule has 0 aromatic carbocycles. The van der Waals surface area contributed by atoms with E-state index in [0.717, 1.165) is 25.0 Å². The Bertz CT molecular complexity index is 163. The van der Waals surface area contributed by atoms with Crippen LogP contribution >= 0.6 is 11.8 Å². The van der Waals surface area contributed by atoms with E-state index in [1.165, 1.54) is 0 Å². The van der Waals surface area contributed by atoms with Gasteiger partial charge in [0.2, 0.25) is 0 Å². The molecule has 2 unspecified atom stereocenters. The number of thioether (sulfide) groups is 1. The minimum atomic E-state index is -0.707. The first kappa shape index (κ1) is 9.86. The number of rotatable bonds is 4. The molecule has 0 radical (unpaired) electrons. The molecule has 1 rings (SSSR count). The highest BCUT2D eigenvalue weighted by atomic mass is 32.2. The highest BCUT2D eigenvalue weighted by Gasteiger charge is 2.27. The Morgan fingerprint density at radius 1 is 1.67 bits per heavy atom. The number of carbonyl (C=O) groups is 1. The molecule has 70 valence electrons. The van der Waals surface area contributed by atoms with Crippen LogP contribution < -0.4 is 5.32 Å². The minimum absolute atomic E-state index is 0.295. The number of carboxylic acid groups (broad SMARTS) is 1. The highest BCUT2D eigenvalue weighted by molar-refractivity contribution is 7.98. The fourth-order valence-corrected chi connectivity index (χ4v) is 2.02. The molecule has 0 aromatic rings. The van der Waals surface area contributed by atoms with Crippen LogP contribution in [0, 0.1) is 0 Å². The second-order valence-electron chi connectivity index (χ2n) is 3.11. The SMILES string of the molecule is CSCCC1CCC(C(=O)O)N1. The van der Waals surface area contributed by atoms with Crippen molar-refractivity contribution in [3.05, 3.63) is 0 Å². The lowest BCUT2D eigenvalue weighted by Crippen LogP contribution is -2.35. The molecule has 2 atom stereocenters. The van der Waals surface area contributed by atoms with Crippen molar-refractivity contribution in [3.63, 3.8) is 0 Å². The molecular formula is C8H15NO2S. The molecule has 3 nitrogen and oxygen atoms in total. The molecule has 4 heteroatoms. The summed E-state index contributed by atoms with van der Waals surface area (Å²) in [5, 5.41) is 11.8. The van der Waals surface area contributed by atoms with Gasteiger partial charge in [-0.1, -0.05) is 0 Å². The molecule has 1 aliphatic heterocycles. The Labute approximate surface area is 76.9 Å². The van der Waals surface area contributed by atoms with Crippen LogP contribution in [0.3, 0.4) is 0 Å². The van der Waals surface area contributed by atoms with Gasteiger partial charge in [0, 0.05) is 6.04 Å². The maximum Gasteiger partial charge on any atom is 0.320 e. The molecule has 0 saturated carbocycles. The zero-order valence-electron chi connectivity index (χ0n) is 7.25. The van der Waals surface area contributed by atoms with E-state index in [1.54, 1.807) is 0 Å². The molecule has 1 fully saturated rings. The molecule has 0 aromatic heterocycles. The van der Waals surface area contributed by atoms with Crippen molar-refractivity contribution in [2.24, 2.45) is 0 Å². The number of carboxylic acids is 1. The molecule has 0 spiro atoms. The maximum atomic E-state index is 10.6. The quantitative estimate of drug-likeness (QED) is 0.691. The van der Waals surface area contributed by atoms with Gasteiger partial charge in [-0.15, -0.1) is 0 Å². The zero-order chi connectivity index (χ0) is 8.97. The Hall–Kier alpha value is -0.220. The fourth-order valence-electron chi connectivity index (χ4n) is 1.50. The van der Waals surface area contributed by atoms with Crippen molar-refractivity contribution >= 4 is 17.7 Å². The van der Waals surface area contributed by atoms with Gasteiger partial charge >= 0.3 is 5.97 Å². The minimum Gasteiger partial charge on any atom is -0.480 e. The van der Waals surface area contributed by atoms with E-state index in [4.69, 9.17) is 5.11 Å². The summed E-state index contributed by atoms with van der Waals surface area (Å²) in [7, 11) is 0. The van der Waals surface area contributed by atoms with Gasteiger partial charge in [0.05, 0.1) is 0 Å². The molecule has 1 heterocycles. The maximum absolute atomic E-state index is 10.6. The van der Waals surface area contributed by atoms with Gasteiger partial charge in [0.1, 0.15) is 6.04 Å². The first-order valence-corrected chi connectivity index (χ1v) is 5.61. The van der Waals surface area contributed by atoms with E-state index >= 15 is 0 Å². The van der Waals surface area contributed by atoms with E-state index in [1.807, 2.05) is 11.8 Å². The van der Waals surface area contributed by atoms with Gasteiger partial charge in [-0.25, -0.2) is 0 Å². The number of aliphatic carboxylic acids is 1. The van der Waals surface area contributed by atoms with E-state index < -0.39 is 5.97 Å². The monoisotopic (exact) mass is 189 g/mol. The lowest BCUT2D eigenvalue weighted by molar-refractivity contribution is -0.139. The third kappa shape index (κ3) is 2.68. The van der Waals surface area contributed by atoms with Gasteiger partial charge in [0.25, 0.3) is 0 Å². The summed E-state index contributed by atoms with van der Waals surface area (Å²) in [6.45, 7) is 0. The van der Waals surface area contributed by atoms with Gasteiger partial charge < -0.3 is 10.4 Å². The fraction of sp³-hybridized carbons (Fsp3) is 0.875. The Kier molecular flexibility index (Phi) is 3.88. The van der Waals surface area contributed by atoms with Gasteiger partial charge in [-0.05, 0) is 31.3 Å². The first-order chi connectivity index (χ1) is 5.74. The van der Waals surface area contributed by atoms with Crippen molar-refractivity contribution in [1.82, 2.24) is 5.32 Å². The van der Waals surface area contributed by atoms with Crippen LogP contribution in [0.25, 0.3) is 0 Å². The van der Waals surface area contributed by atoms with Crippen LogP contribution in [0.15, 0.2) is 0 Å². The summed E-state index contributed by atoms with van der Waals surface area (Å²) < 4.78 is 0. The largest absolute Gasteiger partial charge is 0.480 e. The lowest BCUT2D eigenvalue weighted by Gasteiger charge is -2.10. The zero-order valence-corrected chi connectivity index (χ0v) is 8.06. The van der Waals surface area contributed by atoms with Crippen LogP contribution in [-0.2, 0) is 4.79 Å². The third-order valence-corrected chi connectivity index (χ3v) is 2.85.